The maximum atomic E-state index is 11.2. The summed E-state index contributed by atoms with van der Waals surface area (Å²) in [6.45, 7) is 7.82. The smallest absolute Gasteiger partial charge is 0.302 e. The van der Waals surface area contributed by atoms with Crippen molar-refractivity contribution < 1.29 is 32.6 Å². The van der Waals surface area contributed by atoms with E-state index in [0.29, 0.717) is 0 Å². The Morgan fingerprint density at radius 1 is 0.875 bits per heavy atom. The van der Waals surface area contributed by atoms with Crippen LogP contribution in [0.4, 0.5) is 0 Å². The van der Waals surface area contributed by atoms with E-state index in [4.69, 9.17) is 14.7 Å². The monoisotopic (exact) mass is 385 g/mol. The predicted octanol–water partition coefficient (Wildman–Crippen LogP) is 4.63. The highest BCUT2D eigenvalue weighted by atomic mass is 31.3. The van der Waals surface area contributed by atoms with Crippen LogP contribution in [-0.2, 0) is 18.0 Å². The van der Waals surface area contributed by atoms with Crippen molar-refractivity contribution in [3.05, 3.63) is 34.9 Å². The van der Waals surface area contributed by atoms with Crippen LogP contribution in [0.3, 0.4) is 0 Å². The highest BCUT2D eigenvalue weighted by molar-refractivity contribution is 7.60. The fourth-order valence-electron chi connectivity index (χ4n) is 1.77. The lowest BCUT2D eigenvalue weighted by Gasteiger charge is -2.11. The molecular formula is C15H28O7P2. The van der Waals surface area contributed by atoms with Crippen LogP contribution in [0.1, 0.15) is 53.4 Å². The van der Waals surface area contributed by atoms with Gasteiger partial charge in [-0.25, -0.2) is 9.13 Å². The Bertz CT molecular complexity index is 568. The van der Waals surface area contributed by atoms with Gasteiger partial charge in [-0.05, 0) is 53.4 Å². The molecule has 0 saturated carbocycles. The molecule has 0 amide bonds. The Balaban J connectivity index is 4.18. The molecule has 0 aliphatic carbocycles. The molecular weight excluding hydrogens is 357 g/mol. The molecule has 0 aliphatic heterocycles. The summed E-state index contributed by atoms with van der Waals surface area (Å²) in [4.78, 5) is 26.1. The third-order valence-corrected chi connectivity index (χ3v) is 5.15. The molecule has 0 aromatic rings. The molecule has 0 rings (SSSR count). The lowest BCUT2D eigenvalue weighted by atomic mass is 10.1. The van der Waals surface area contributed by atoms with Crippen molar-refractivity contribution >= 4 is 15.6 Å². The van der Waals surface area contributed by atoms with Crippen LogP contribution in [0.2, 0.25) is 0 Å². The van der Waals surface area contributed by atoms with Crippen LogP contribution in [0.5, 0.6) is 0 Å². The van der Waals surface area contributed by atoms with Gasteiger partial charge in [-0.2, -0.15) is 4.31 Å². The first-order valence-electron chi connectivity index (χ1n) is 7.60. The normalized spacial score (nSPS) is 16.0. The molecule has 0 heterocycles. The minimum Gasteiger partial charge on any atom is -0.302 e. The van der Waals surface area contributed by atoms with Crippen LogP contribution in [0.25, 0.3) is 0 Å². The summed E-state index contributed by atoms with van der Waals surface area (Å²) in [5, 5.41) is 0. The minimum atomic E-state index is -5.07. The first-order valence-corrected chi connectivity index (χ1v) is 10.6. The molecule has 0 spiro atoms. The molecule has 0 bridgehead atoms. The van der Waals surface area contributed by atoms with E-state index < -0.39 is 15.6 Å². The largest absolute Gasteiger partial charge is 0.481 e. The molecule has 24 heavy (non-hydrogen) atoms. The number of allylic oxidation sites excluding steroid dienone is 5. The third kappa shape index (κ3) is 15.0. The van der Waals surface area contributed by atoms with Gasteiger partial charge in [0.2, 0.25) is 0 Å². The standard InChI is InChI=1S/C15H28O7P2/c1-13(2)7-5-8-14(3)9-6-10-15(4)11-12-21-24(19,20)22-23(16,17)18/h7,9,11H,5-6,8,10,12H2,1-4H3,(H,19,20)(H2,16,17,18)/b14-9+,15-11+/i1+1,2+1,13+1. The zero-order chi connectivity index (χ0) is 18.8. The fourth-order valence-corrected chi connectivity index (χ4v) is 3.30. The van der Waals surface area contributed by atoms with Crippen LogP contribution < -0.4 is 0 Å². The number of hydrogen-bond acceptors (Lipinski definition) is 4. The van der Waals surface area contributed by atoms with Crippen LogP contribution >= 0.6 is 15.6 Å². The van der Waals surface area contributed by atoms with Gasteiger partial charge < -0.3 is 14.7 Å². The van der Waals surface area contributed by atoms with Crippen molar-refractivity contribution in [2.24, 2.45) is 0 Å². The highest BCUT2D eigenvalue weighted by Crippen LogP contribution is 2.57. The van der Waals surface area contributed by atoms with Gasteiger partial charge in [0.15, 0.2) is 0 Å². The van der Waals surface area contributed by atoms with Crippen molar-refractivity contribution in [1.82, 2.24) is 0 Å². The molecule has 3 N–H and O–H groups in total. The maximum Gasteiger partial charge on any atom is 0.481 e. The van der Waals surface area contributed by atoms with E-state index in [1.54, 1.807) is 6.08 Å². The lowest BCUT2D eigenvalue weighted by Crippen LogP contribution is -1.94. The van der Waals surface area contributed by atoms with Gasteiger partial charge in [0.25, 0.3) is 0 Å². The quantitative estimate of drug-likeness (QED) is 0.270. The van der Waals surface area contributed by atoms with Gasteiger partial charge in [0.1, 0.15) is 0 Å². The number of rotatable bonds is 11. The second kappa shape index (κ2) is 11.2. The molecule has 1 unspecified atom stereocenters. The molecule has 9 heteroatoms. The summed E-state index contributed by atoms with van der Waals surface area (Å²) >= 11 is 0. The van der Waals surface area contributed by atoms with Crippen molar-refractivity contribution in [3.63, 3.8) is 0 Å². The van der Waals surface area contributed by atoms with Gasteiger partial charge in [-0.15, -0.1) is 0 Å². The molecule has 0 aromatic heterocycles. The number of phosphoric acid groups is 2. The van der Waals surface area contributed by atoms with Crippen LogP contribution in [0, 0.1) is 0 Å². The number of phosphoric ester groups is 1. The van der Waals surface area contributed by atoms with Gasteiger partial charge in [-0.3, -0.25) is 4.52 Å². The summed E-state index contributed by atoms with van der Waals surface area (Å²) < 4.78 is 29.9. The first-order chi connectivity index (χ1) is 10.9. The van der Waals surface area contributed by atoms with Gasteiger partial charge in [-0.1, -0.05) is 34.9 Å². The van der Waals surface area contributed by atoms with Gasteiger partial charge >= 0.3 is 15.6 Å². The number of hydrogen-bond donors (Lipinski definition) is 3. The molecule has 0 aliphatic rings. The van der Waals surface area contributed by atoms with E-state index in [1.165, 1.54) is 11.1 Å². The van der Waals surface area contributed by atoms with E-state index in [2.05, 4.69) is 41.8 Å². The SMILES string of the molecule is C/C(=C\CC/C(C)=C/COP(=O)(O)OP(=O)(O)O)CCC=[13C]([13CH3])[13CH3]. The van der Waals surface area contributed by atoms with E-state index in [0.717, 1.165) is 31.3 Å². The average Bonchev–Trinajstić information content (AvgIpc) is 2.34. The van der Waals surface area contributed by atoms with Crippen molar-refractivity contribution in [2.75, 3.05) is 6.61 Å². The van der Waals surface area contributed by atoms with Crippen LogP contribution in [-0.4, -0.2) is 21.3 Å². The molecule has 0 fully saturated rings. The van der Waals surface area contributed by atoms with Crippen LogP contribution in [0.15, 0.2) is 34.9 Å². The van der Waals surface area contributed by atoms with E-state index >= 15 is 0 Å². The van der Waals surface area contributed by atoms with E-state index in [1.807, 2.05) is 6.92 Å². The van der Waals surface area contributed by atoms with Gasteiger partial charge in [0.05, 0.1) is 6.61 Å². The van der Waals surface area contributed by atoms with Crippen molar-refractivity contribution in [1.29, 1.82) is 0 Å². The zero-order valence-corrected chi connectivity index (χ0v) is 16.4. The molecule has 7 nitrogen and oxygen atoms in total. The first kappa shape index (κ1) is 23.5. The van der Waals surface area contributed by atoms with Crippen molar-refractivity contribution in [3.8, 4) is 0 Å². The van der Waals surface area contributed by atoms with Gasteiger partial charge in [0, 0.05) is 0 Å². The lowest BCUT2D eigenvalue weighted by molar-refractivity contribution is 0.191. The van der Waals surface area contributed by atoms with Crippen molar-refractivity contribution in [2.45, 2.75) is 53.4 Å². The Hall–Kier alpha value is -0.520. The maximum absolute atomic E-state index is 11.2. The minimum absolute atomic E-state index is 0.261. The van der Waals surface area contributed by atoms with E-state index in [-0.39, 0.29) is 6.61 Å². The molecule has 0 radical (unpaired) electrons. The molecule has 140 valence electrons. The predicted molar refractivity (Wildman–Crippen MR) is 94.3 cm³/mol. The van der Waals surface area contributed by atoms with E-state index in [9.17, 15) is 9.13 Å². The second-order valence-electron chi connectivity index (χ2n) is 5.80. The Morgan fingerprint density at radius 3 is 1.88 bits per heavy atom. The fraction of sp³-hybridized carbons (Fsp3) is 0.600. The summed E-state index contributed by atoms with van der Waals surface area (Å²) in [7, 11) is -9.82. The molecule has 0 saturated heterocycles. The molecule has 0 aromatic carbocycles. The summed E-state index contributed by atoms with van der Waals surface area (Å²) in [6, 6.07) is 0. The third-order valence-electron chi connectivity index (χ3n) is 3.00. The Morgan fingerprint density at radius 2 is 1.38 bits per heavy atom. The topological polar surface area (TPSA) is 113 Å². The highest BCUT2D eigenvalue weighted by Gasteiger charge is 2.31. The molecule has 1 atom stereocenters. The summed E-state index contributed by atoms with van der Waals surface area (Å²) in [5.74, 6) is 0. The summed E-state index contributed by atoms with van der Waals surface area (Å²) in [6.07, 6.45) is 9.59. The Kier molecular flexibility index (Phi) is 10.9. The zero-order valence-electron chi connectivity index (χ0n) is 14.6. The Labute approximate surface area is 143 Å². The average molecular weight is 385 g/mol. The second-order valence-corrected chi connectivity index (χ2v) is 8.63. The summed E-state index contributed by atoms with van der Waals surface area (Å²) in [5.41, 5.74) is 3.57.